The van der Waals surface area contributed by atoms with E-state index in [1.165, 1.54) is 74.9 Å². The third kappa shape index (κ3) is 3.68. The van der Waals surface area contributed by atoms with Gasteiger partial charge < -0.3 is 9.47 Å². The third-order valence-corrected chi connectivity index (χ3v) is 8.51. The molecule has 3 aromatic carbocycles. The highest BCUT2D eigenvalue weighted by atomic mass is 32.2. The van der Waals surface area contributed by atoms with E-state index in [1.54, 1.807) is 13.0 Å². The number of ether oxygens (including phenoxy) is 2. The molecular weight excluding hydrogens is 468 g/mol. The summed E-state index contributed by atoms with van der Waals surface area (Å²) in [6, 6.07) is 15.4. The van der Waals surface area contributed by atoms with Gasteiger partial charge in [0.15, 0.2) is 0 Å². The lowest BCUT2D eigenvalue weighted by atomic mass is 10.2. The molecule has 4 rings (SSSR count). The van der Waals surface area contributed by atoms with Crippen molar-refractivity contribution in [2.24, 2.45) is 0 Å². The minimum atomic E-state index is -4.43. The first-order chi connectivity index (χ1) is 15.6. The topological polar surface area (TPSA) is 114 Å². The predicted molar refractivity (Wildman–Crippen MR) is 122 cm³/mol. The summed E-state index contributed by atoms with van der Waals surface area (Å²) in [4.78, 5) is 13.0. The van der Waals surface area contributed by atoms with Gasteiger partial charge in [0.1, 0.15) is 11.5 Å². The van der Waals surface area contributed by atoms with E-state index in [0.717, 1.165) is 0 Å². The molecule has 0 saturated carbocycles. The molecule has 11 heteroatoms. The number of benzene rings is 3. The molecule has 0 saturated heterocycles. The van der Waals surface area contributed by atoms with Crippen LogP contribution >= 0.6 is 0 Å². The first-order valence-electron chi connectivity index (χ1n) is 9.64. The smallest absolute Gasteiger partial charge is 0.357 e. The number of methoxy groups -OCH3 is 2. The van der Waals surface area contributed by atoms with E-state index in [1.807, 2.05) is 0 Å². The highest BCUT2D eigenvalue weighted by molar-refractivity contribution is 7.91. The lowest BCUT2D eigenvalue weighted by Crippen LogP contribution is -2.33. The monoisotopic (exact) mass is 488 g/mol. The van der Waals surface area contributed by atoms with Gasteiger partial charge in [-0.05, 0) is 73.2 Å². The molecule has 0 N–H and O–H groups in total. The van der Waals surface area contributed by atoms with Crippen LogP contribution in [0.1, 0.15) is 5.56 Å². The van der Waals surface area contributed by atoms with Crippen molar-refractivity contribution in [3.63, 3.8) is 0 Å². The fraction of sp³-hybridized carbons (Fsp3) is 0.136. The average molecular weight is 489 g/mol. The lowest BCUT2D eigenvalue weighted by Gasteiger charge is -2.07. The predicted octanol–water partition coefficient (Wildman–Crippen LogP) is 2.60. The number of fused-ring (bicyclic) bond motifs is 1. The van der Waals surface area contributed by atoms with E-state index in [4.69, 9.17) is 9.47 Å². The first-order valence-corrected chi connectivity index (χ1v) is 12.5. The van der Waals surface area contributed by atoms with Gasteiger partial charge in [0, 0.05) is 0 Å². The van der Waals surface area contributed by atoms with Crippen molar-refractivity contribution in [3.8, 4) is 11.5 Å². The number of aromatic nitrogens is 2. The van der Waals surface area contributed by atoms with Gasteiger partial charge in [-0.15, -0.1) is 0 Å². The van der Waals surface area contributed by atoms with E-state index < -0.39 is 25.7 Å². The highest BCUT2D eigenvalue weighted by Gasteiger charge is 2.31. The third-order valence-electron chi connectivity index (χ3n) is 5.11. The summed E-state index contributed by atoms with van der Waals surface area (Å²) in [6.07, 6.45) is 0. The van der Waals surface area contributed by atoms with Crippen LogP contribution in [0.15, 0.2) is 81.3 Å². The molecule has 1 heterocycles. The summed E-state index contributed by atoms with van der Waals surface area (Å²) in [5.41, 5.74) is -0.672. The quantitative estimate of drug-likeness (QED) is 0.410. The maximum Gasteiger partial charge on any atom is 0.357 e. The molecular formula is C22H20N2O7S2. The van der Waals surface area contributed by atoms with Crippen LogP contribution < -0.4 is 15.2 Å². The molecule has 0 atom stereocenters. The van der Waals surface area contributed by atoms with Gasteiger partial charge in [0.25, 0.3) is 20.0 Å². The van der Waals surface area contributed by atoms with Gasteiger partial charge in [-0.25, -0.2) is 21.6 Å². The molecule has 0 aliphatic heterocycles. The van der Waals surface area contributed by atoms with Gasteiger partial charge in [-0.3, -0.25) is 0 Å². The van der Waals surface area contributed by atoms with Crippen molar-refractivity contribution in [1.29, 1.82) is 0 Å². The molecule has 33 heavy (non-hydrogen) atoms. The zero-order valence-electron chi connectivity index (χ0n) is 17.9. The molecule has 172 valence electrons. The molecule has 1 aromatic heterocycles. The Hall–Kier alpha value is -3.57. The van der Waals surface area contributed by atoms with Gasteiger partial charge in [0.2, 0.25) is 0 Å². The number of imidazole rings is 1. The molecule has 0 spiro atoms. The van der Waals surface area contributed by atoms with Crippen LogP contribution in [0, 0.1) is 6.92 Å². The first kappa shape index (κ1) is 22.6. The Kier molecular flexibility index (Phi) is 5.54. The second-order valence-corrected chi connectivity index (χ2v) is 10.7. The maximum absolute atomic E-state index is 13.4. The Bertz CT molecular complexity index is 1620. The number of nitrogens with zero attached hydrogens (tertiary/aromatic N) is 2. The van der Waals surface area contributed by atoms with Crippen LogP contribution in [0.3, 0.4) is 0 Å². The lowest BCUT2D eigenvalue weighted by molar-refractivity contribution is 0.414. The van der Waals surface area contributed by atoms with Gasteiger partial charge in [0.05, 0.1) is 35.0 Å². The summed E-state index contributed by atoms with van der Waals surface area (Å²) in [6.45, 7) is 1.71. The highest BCUT2D eigenvalue weighted by Crippen LogP contribution is 2.26. The second-order valence-electron chi connectivity index (χ2n) is 7.16. The summed E-state index contributed by atoms with van der Waals surface area (Å²) >= 11 is 0. The van der Waals surface area contributed by atoms with E-state index in [-0.39, 0.29) is 20.8 Å². The zero-order chi connectivity index (χ0) is 24.0. The molecule has 0 bridgehead atoms. The van der Waals surface area contributed by atoms with E-state index >= 15 is 0 Å². The molecule has 0 fully saturated rings. The minimum absolute atomic E-state index is 0.0482. The summed E-state index contributed by atoms with van der Waals surface area (Å²) in [5.74, 6) is 0.864. The molecule has 9 nitrogen and oxygen atoms in total. The molecule has 0 aliphatic carbocycles. The number of hydrogen-bond donors (Lipinski definition) is 0. The van der Waals surface area contributed by atoms with E-state index in [9.17, 15) is 21.6 Å². The Morgan fingerprint density at radius 1 is 0.636 bits per heavy atom. The molecule has 0 unspecified atom stereocenters. The van der Waals surface area contributed by atoms with E-state index in [2.05, 4.69) is 0 Å². The van der Waals surface area contributed by atoms with Gasteiger partial charge in [-0.1, -0.05) is 6.07 Å². The van der Waals surface area contributed by atoms with Crippen LogP contribution in [0.25, 0.3) is 11.0 Å². The van der Waals surface area contributed by atoms with Crippen LogP contribution in [-0.4, -0.2) is 39.0 Å². The van der Waals surface area contributed by atoms with Crippen molar-refractivity contribution >= 4 is 31.1 Å². The summed E-state index contributed by atoms with van der Waals surface area (Å²) in [7, 11) is -5.97. The number of aryl methyl sites for hydroxylation is 1. The fourth-order valence-electron chi connectivity index (χ4n) is 3.43. The Morgan fingerprint density at radius 3 is 1.48 bits per heavy atom. The van der Waals surface area contributed by atoms with Crippen LogP contribution in [0.5, 0.6) is 11.5 Å². The maximum atomic E-state index is 13.4. The average Bonchev–Trinajstić information content (AvgIpc) is 3.11. The molecule has 4 aromatic rings. The minimum Gasteiger partial charge on any atom is -0.497 e. The standard InChI is InChI=1S/C22H20N2O7S2/c1-15-4-13-20-21(14-15)24(33(28,29)19-11-7-17(31-3)8-12-19)22(25)23(20)32(26,27)18-9-5-16(30-2)6-10-18/h4-14H,1-3H3. The largest absolute Gasteiger partial charge is 0.497 e. The summed E-state index contributed by atoms with van der Waals surface area (Å²) in [5, 5.41) is 0. The molecule has 0 aliphatic rings. The van der Waals surface area contributed by atoms with Crippen molar-refractivity contribution < 1.29 is 26.3 Å². The van der Waals surface area contributed by atoms with Crippen LogP contribution in [-0.2, 0) is 20.0 Å². The number of hydrogen-bond acceptors (Lipinski definition) is 7. The normalized spacial score (nSPS) is 12.1. The molecule has 0 radical (unpaired) electrons. The van der Waals surface area contributed by atoms with Crippen molar-refractivity contribution in [2.75, 3.05) is 14.2 Å². The van der Waals surface area contributed by atoms with Gasteiger partial charge >= 0.3 is 5.69 Å². The zero-order valence-corrected chi connectivity index (χ0v) is 19.6. The van der Waals surface area contributed by atoms with Crippen molar-refractivity contribution in [1.82, 2.24) is 7.94 Å². The van der Waals surface area contributed by atoms with Gasteiger partial charge in [-0.2, -0.15) is 7.94 Å². The fourth-order valence-corrected chi connectivity index (χ4v) is 6.25. The number of rotatable bonds is 6. The summed E-state index contributed by atoms with van der Waals surface area (Å²) < 4.78 is 64.8. The molecule has 0 amide bonds. The van der Waals surface area contributed by atoms with Crippen LogP contribution in [0.4, 0.5) is 0 Å². The Balaban J connectivity index is 2.02. The van der Waals surface area contributed by atoms with E-state index in [0.29, 0.717) is 25.0 Å². The SMILES string of the molecule is COc1ccc(S(=O)(=O)n2c(=O)n(S(=O)(=O)c3ccc(OC)cc3)c3cc(C)ccc32)cc1. The Labute approximate surface area is 190 Å². The Morgan fingerprint density at radius 2 is 1.06 bits per heavy atom. The second kappa shape index (κ2) is 8.09. The van der Waals surface area contributed by atoms with Crippen molar-refractivity contribution in [2.45, 2.75) is 16.7 Å². The van der Waals surface area contributed by atoms with Crippen LogP contribution in [0.2, 0.25) is 0 Å². The van der Waals surface area contributed by atoms with Crippen molar-refractivity contribution in [3.05, 3.63) is 82.8 Å².